The van der Waals surface area contributed by atoms with Gasteiger partial charge in [0.05, 0.1) is 27.8 Å². The van der Waals surface area contributed by atoms with Gasteiger partial charge in [-0.1, -0.05) is 218 Å². The quantitative estimate of drug-likeness (QED) is 0.117. The Hall–Kier alpha value is -12.4. The summed E-state index contributed by atoms with van der Waals surface area (Å²) in [5.41, 5.74) is 19.5. The first kappa shape index (κ1) is 61.4. The average molecular weight is 1380 g/mol. The molecule has 0 saturated carbocycles. The molecule has 0 aliphatic rings. The highest BCUT2D eigenvalue weighted by Crippen LogP contribution is 2.45. The molecule has 99 heavy (non-hydrogen) atoms. The van der Waals surface area contributed by atoms with Gasteiger partial charge in [0, 0.05) is 104 Å². The Morgan fingerprint density at radius 1 is 0.222 bits per heavy atom. The van der Waals surface area contributed by atoms with E-state index in [0.717, 1.165) is 68.2 Å². The van der Waals surface area contributed by atoms with E-state index < -0.39 is 0 Å². The van der Waals surface area contributed by atoms with Crippen molar-refractivity contribution in [1.82, 2.24) is 9.13 Å². The summed E-state index contributed by atoms with van der Waals surface area (Å²) >= 11 is 2.38. The molecule has 18 aromatic rings. The fourth-order valence-corrected chi connectivity index (χ4v) is 14.2. The Morgan fingerprint density at radius 3 is 1.05 bits per heavy atom. The van der Waals surface area contributed by atoms with Gasteiger partial charge in [0.1, 0.15) is 0 Å². The number of benzene rings is 16. The molecule has 0 unspecified atom stereocenters. The number of rotatable bonds is 13. The molecule has 6 nitrogen and oxygen atoms in total. The average Bonchev–Trinajstić information content (AvgIpc) is 1.63. The van der Waals surface area contributed by atoms with Crippen LogP contribution in [-0.4, -0.2) is 9.13 Å². The van der Waals surface area contributed by atoms with E-state index in [1.807, 2.05) is 12.1 Å². The van der Waals surface area contributed by atoms with Crippen molar-refractivity contribution in [3.05, 3.63) is 404 Å². The number of nitrogens with zero attached hydrogens (tertiary/aromatic N) is 5. The molecule has 0 aliphatic carbocycles. The number of anilines is 11. The molecule has 0 aliphatic heterocycles. The van der Waals surface area contributed by atoms with E-state index in [2.05, 4.69) is 440 Å². The number of hydrogen-bond acceptors (Lipinski definition) is 4. The minimum absolute atomic E-state index is 1.07. The van der Waals surface area contributed by atoms with E-state index in [4.69, 9.17) is 0 Å². The van der Waals surface area contributed by atoms with Gasteiger partial charge in [-0.25, -0.2) is 0 Å². The molecule has 2 heterocycles. The molecule has 0 fully saturated rings. The third-order valence-corrected chi connectivity index (χ3v) is 18.9. The molecule has 0 spiro atoms. The summed E-state index contributed by atoms with van der Waals surface area (Å²) in [7, 11) is 0. The van der Waals surface area contributed by atoms with Crippen LogP contribution in [0.4, 0.5) is 62.6 Å². The molecule has 0 amide bonds. The summed E-state index contributed by atoms with van der Waals surface area (Å²) < 4.78 is 5.97. The van der Waals surface area contributed by atoms with Crippen molar-refractivity contribution in [3.8, 4) is 11.4 Å². The first-order valence-corrected chi connectivity index (χ1v) is 34.5. The number of fused-ring (bicyclic) bond motifs is 8. The second-order valence-electron chi connectivity index (χ2n) is 24.3. The molecule has 472 valence electrons. The Balaban J connectivity index is 0.000000129. The predicted octanol–water partition coefficient (Wildman–Crippen LogP) is 26.3. The van der Waals surface area contributed by atoms with Crippen LogP contribution >= 0.6 is 22.6 Å². The summed E-state index contributed by atoms with van der Waals surface area (Å²) in [5, 5.41) is 13.5. The second kappa shape index (κ2) is 28.1. The maximum absolute atomic E-state index is 3.57. The Bertz CT molecular complexity index is 5680. The van der Waals surface area contributed by atoms with Crippen LogP contribution < -0.4 is 20.0 Å². The van der Waals surface area contributed by atoms with E-state index >= 15 is 0 Å². The molecule has 0 bridgehead atoms. The fraction of sp³-hybridized carbons (Fsp3) is 0. The highest BCUT2D eigenvalue weighted by atomic mass is 127. The molecule has 0 atom stereocenters. The Morgan fingerprint density at radius 2 is 0.556 bits per heavy atom. The van der Waals surface area contributed by atoms with Gasteiger partial charge in [0.2, 0.25) is 0 Å². The number of para-hydroxylation sites is 8. The van der Waals surface area contributed by atoms with Crippen molar-refractivity contribution < 1.29 is 0 Å². The molecular formula is C92H67IN6. The van der Waals surface area contributed by atoms with Crippen molar-refractivity contribution in [2.24, 2.45) is 0 Å². The summed E-state index contributed by atoms with van der Waals surface area (Å²) in [6, 6.07) is 142. The molecule has 0 radical (unpaired) electrons. The monoisotopic (exact) mass is 1380 g/mol. The lowest BCUT2D eigenvalue weighted by atomic mass is 10.1. The largest absolute Gasteiger partial charge is 0.355 e. The molecule has 16 aromatic carbocycles. The minimum atomic E-state index is 1.07. The zero-order valence-corrected chi connectivity index (χ0v) is 56.4. The van der Waals surface area contributed by atoms with Gasteiger partial charge in [-0.15, -0.1) is 0 Å². The summed E-state index contributed by atoms with van der Waals surface area (Å²) in [6.45, 7) is 0. The van der Waals surface area contributed by atoms with E-state index in [1.165, 1.54) is 74.4 Å². The van der Waals surface area contributed by atoms with E-state index in [0.29, 0.717) is 0 Å². The van der Waals surface area contributed by atoms with Gasteiger partial charge < -0.3 is 29.2 Å². The highest BCUT2D eigenvalue weighted by molar-refractivity contribution is 14.1. The van der Waals surface area contributed by atoms with Gasteiger partial charge in [-0.05, 0) is 215 Å². The number of halogens is 1. The topological polar surface area (TPSA) is 31.6 Å². The van der Waals surface area contributed by atoms with Crippen molar-refractivity contribution in [1.29, 1.82) is 0 Å². The summed E-state index contributed by atoms with van der Waals surface area (Å²) in [6.07, 6.45) is 0. The first-order chi connectivity index (χ1) is 49.1. The van der Waals surface area contributed by atoms with E-state index in [1.54, 1.807) is 0 Å². The normalized spacial score (nSPS) is 11.1. The van der Waals surface area contributed by atoms with Crippen LogP contribution in [0.2, 0.25) is 0 Å². The van der Waals surface area contributed by atoms with E-state index in [9.17, 15) is 0 Å². The zero-order chi connectivity index (χ0) is 66.3. The molecule has 7 heteroatoms. The van der Waals surface area contributed by atoms with Gasteiger partial charge in [-0.3, -0.25) is 0 Å². The zero-order valence-electron chi connectivity index (χ0n) is 54.2. The number of hydrogen-bond donors (Lipinski definition) is 1. The standard InChI is InChI=1S/C46H33N3.C28H22N2.C18H12IN/c1-4-17-35(18-5-1)47(36-19-6-2-7-20-36)38-27-29-39(30-28-38)48(44-26-14-16-34-15-10-11-23-41(34)44)40-31-32-46-43(33-40)42-24-12-13-25-45(42)49(46)37-21-8-3-9-22-37;1-3-12-24(13-4-1)30(25-14-5-2-6-15-25)26-20-18-23(19-21-26)29-28-17-9-11-22-10-7-8-16-27(22)28;19-13-10-11-18-16(12-13)15-8-4-5-9-17(15)20(18)14-6-2-1-3-7-14/h1-33H;1-21,29H;1-12H. The minimum Gasteiger partial charge on any atom is -0.355 e. The lowest BCUT2D eigenvalue weighted by Crippen LogP contribution is -2.12. The van der Waals surface area contributed by atoms with Crippen LogP contribution in [0, 0.1) is 3.57 Å². The van der Waals surface area contributed by atoms with Crippen LogP contribution in [-0.2, 0) is 0 Å². The predicted molar refractivity (Wildman–Crippen MR) is 430 cm³/mol. The van der Waals surface area contributed by atoms with Crippen molar-refractivity contribution >= 4 is 150 Å². The van der Waals surface area contributed by atoms with Gasteiger partial charge in [0.25, 0.3) is 0 Å². The third kappa shape index (κ3) is 12.6. The molecule has 0 saturated heterocycles. The van der Waals surface area contributed by atoms with Crippen LogP contribution in [0.1, 0.15) is 0 Å². The SMILES string of the molecule is Ic1ccc2c(c1)c1ccccc1n2-c1ccccc1.c1ccc(N(c2ccccc2)c2ccc(N(c3ccc4c(c3)c3ccccc3n4-c3ccccc3)c3cccc4ccccc34)cc2)cc1.c1ccc(N(c2ccccc2)c2ccc(Nc3cccc4ccccc34)cc2)cc1. The van der Waals surface area contributed by atoms with Crippen molar-refractivity contribution in [2.45, 2.75) is 0 Å². The fourth-order valence-electron chi connectivity index (χ4n) is 13.7. The maximum atomic E-state index is 3.57. The molecule has 18 rings (SSSR count). The second-order valence-corrected chi connectivity index (χ2v) is 25.5. The Labute approximate surface area is 590 Å². The van der Waals surface area contributed by atoms with E-state index in [-0.39, 0.29) is 0 Å². The van der Waals surface area contributed by atoms with Crippen LogP contribution in [0.25, 0.3) is 76.5 Å². The third-order valence-electron chi connectivity index (χ3n) is 18.2. The van der Waals surface area contributed by atoms with Gasteiger partial charge in [-0.2, -0.15) is 0 Å². The van der Waals surface area contributed by atoms with Crippen LogP contribution in [0.5, 0.6) is 0 Å². The number of aromatic nitrogens is 2. The lowest BCUT2D eigenvalue weighted by Gasteiger charge is -2.29. The molecular weight excluding hydrogens is 1320 g/mol. The first-order valence-electron chi connectivity index (χ1n) is 33.4. The summed E-state index contributed by atoms with van der Waals surface area (Å²) in [5.74, 6) is 0. The maximum Gasteiger partial charge on any atom is 0.0542 e. The van der Waals surface area contributed by atoms with Crippen molar-refractivity contribution in [3.63, 3.8) is 0 Å². The van der Waals surface area contributed by atoms with Gasteiger partial charge in [0.15, 0.2) is 0 Å². The van der Waals surface area contributed by atoms with Crippen LogP contribution in [0.3, 0.4) is 0 Å². The molecule has 1 N–H and O–H groups in total. The van der Waals surface area contributed by atoms with Crippen molar-refractivity contribution in [2.75, 3.05) is 20.0 Å². The molecule has 2 aromatic heterocycles. The summed E-state index contributed by atoms with van der Waals surface area (Å²) in [4.78, 5) is 6.97. The van der Waals surface area contributed by atoms with Crippen LogP contribution in [0.15, 0.2) is 400 Å². The van der Waals surface area contributed by atoms with Gasteiger partial charge >= 0.3 is 0 Å². The lowest BCUT2D eigenvalue weighted by molar-refractivity contribution is 1.18. The smallest absolute Gasteiger partial charge is 0.0542 e. The Kier molecular flexibility index (Phi) is 17.4. The number of nitrogens with one attached hydrogen (secondary N) is 1. The highest BCUT2D eigenvalue weighted by Gasteiger charge is 2.21.